The average molecular weight is 356 g/mol. The Morgan fingerprint density at radius 1 is 1.08 bits per heavy atom. The van der Waals surface area contributed by atoms with Crippen molar-refractivity contribution in [1.29, 1.82) is 0 Å². The van der Waals surface area contributed by atoms with Gasteiger partial charge in [-0.25, -0.2) is 18.4 Å². The number of nitrogen functional groups attached to an aromatic ring is 1. The van der Waals surface area contributed by atoms with Gasteiger partial charge in [-0.1, -0.05) is 18.2 Å². The summed E-state index contributed by atoms with van der Waals surface area (Å²) in [4.78, 5) is 14.4. The van der Waals surface area contributed by atoms with Crippen molar-refractivity contribution in [2.24, 2.45) is 0 Å². The van der Waals surface area contributed by atoms with Crippen molar-refractivity contribution in [3.8, 4) is 21.6 Å². The summed E-state index contributed by atoms with van der Waals surface area (Å²) in [7, 11) is 0. The van der Waals surface area contributed by atoms with Crippen LogP contribution in [0.5, 0.6) is 0 Å². The largest absolute Gasteiger partial charge is 0.477 e. The van der Waals surface area contributed by atoms with Crippen molar-refractivity contribution >= 4 is 28.7 Å². The zero-order valence-corrected chi connectivity index (χ0v) is 13.4. The lowest BCUT2D eigenvalue weighted by atomic mass is 10.0. The van der Waals surface area contributed by atoms with Gasteiger partial charge in [-0.05, 0) is 41.0 Å². The minimum atomic E-state index is -1.34. The third kappa shape index (κ3) is 3.07. The van der Waals surface area contributed by atoms with E-state index in [1.165, 1.54) is 18.2 Å². The number of anilines is 1. The van der Waals surface area contributed by atoms with Crippen LogP contribution in [-0.4, -0.2) is 11.1 Å². The van der Waals surface area contributed by atoms with Gasteiger partial charge in [0, 0.05) is 4.88 Å². The predicted octanol–water partition coefficient (Wildman–Crippen LogP) is 5.19. The molecule has 0 radical (unpaired) electrons. The van der Waals surface area contributed by atoms with E-state index in [1.54, 1.807) is 18.2 Å². The second-order valence-electron chi connectivity index (χ2n) is 5.17. The average Bonchev–Trinajstić information content (AvgIpc) is 2.99. The Balaban J connectivity index is 2.09. The van der Waals surface area contributed by atoms with Crippen LogP contribution in [0.2, 0.25) is 0 Å². The van der Waals surface area contributed by atoms with E-state index in [4.69, 9.17) is 17.4 Å². The first-order valence-electron chi connectivity index (χ1n) is 7.00. The molecule has 124 valence electrons. The topological polar surface area (TPSA) is 67.7 Å². The second kappa shape index (κ2) is 6.34. The van der Waals surface area contributed by atoms with E-state index in [9.17, 15) is 13.6 Å². The van der Waals surface area contributed by atoms with E-state index >= 15 is 0 Å². The van der Waals surface area contributed by atoms with Crippen LogP contribution in [0.3, 0.4) is 0 Å². The number of nitrogens with two attached hydrogens (primary N) is 1. The molecule has 25 heavy (non-hydrogen) atoms. The highest BCUT2D eigenvalue weighted by Crippen LogP contribution is 2.38. The first kappa shape index (κ1) is 16.6. The third-order valence-electron chi connectivity index (χ3n) is 3.60. The molecule has 0 saturated heterocycles. The van der Waals surface area contributed by atoms with Gasteiger partial charge in [0.25, 0.3) is 0 Å². The van der Waals surface area contributed by atoms with Gasteiger partial charge in [0.15, 0.2) is 5.69 Å². The molecule has 1 aromatic heterocycles. The molecule has 2 aromatic carbocycles. The molecule has 4 nitrogen and oxygen atoms in total. The fourth-order valence-corrected chi connectivity index (χ4v) is 3.24. The van der Waals surface area contributed by atoms with E-state index in [-0.39, 0.29) is 16.3 Å². The fourth-order valence-electron chi connectivity index (χ4n) is 2.37. The summed E-state index contributed by atoms with van der Waals surface area (Å²) in [6.45, 7) is 7.35. The highest BCUT2D eigenvalue weighted by molar-refractivity contribution is 7.17. The molecule has 0 aliphatic carbocycles. The van der Waals surface area contributed by atoms with Gasteiger partial charge < -0.3 is 10.8 Å². The van der Waals surface area contributed by atoms with Crippen LogP contribution < -0.4 is 5.73 Å². The fraction of sp³-hybridized carbons (Fsp3) is 0. The number of hydrogen-bond acceptors (Lipinski definition) is 3. The minimum Gasteiger partial charge on any atom is -0.477 e. The second-order valence-corrected chi connectivity index (χ2v) is 6.23. The molecule has 3 N–H and O–H groups in total. The lowest BCUT2D eigenvalue weighted by molar-refractivity contribution is 0.0697. The molecule has 0 fully saturated rings. The summed E-state index contributed by atoms with van der Waals surface area (Å²) >= 11 is 0.792. The molecular weight excluding hydrogens is 346 g/mol. The SMILES string of the molecule is [C-]#[N+]c1cc(-c2cc(F)c(C(=O)O)s2)ccc1-c1ccc(N)c(F)c1. The van der Waals surface area contributed by atoms with Crippen LogP contribution in [0.4, 0.5) is 20.2 Å². The van der Waals surface area contributed by atoms with E-state index in [0.717, 1.165) is 17.4 Å². The van der Waals surface area contributed by atoms with Crippen LogP contribution in [0.25, 0.3) is 26.4 Å². The Labute approximate surface area is 145 Å². The van der Waals surface area contributed by atoms with Crippen molar-refractivity contribution in [2.75, 3.05) is 5.73 Å². The Bertz CT molecular complexity index is 1040. The van der Waals surface area contributed by atoms with Gasteiger partial charge in [0.05, 0.1) is 12.3 Å². The Kier molecular flexibility index (Phi) is 4.21. The summed E-state index contributed by atoms with van der Waals surface area (Å²) in [5.41, 5.74) is 7.23. The molecule has 3 aromatic rings. The van der Waals surface area contributed by atoms with Crippen molar-refractivity contribution in [3.05, 3.63) is 70.4 Å². The Morgan fingerprint density at radius 2 is 1.80 bits per heavy atom. The molecule has 0 spiro atoms. The number of carbonyl (C=O) groups is 1. The summed E-state index contributed by atoms with van der Waals surface area (Å²) in [5.74, 6) is -2.74. The van der Waals surface area contributed by atoms with E-state index < -0.39 is 17.6 Å². The number of nitrogens with zero attached hydrogens (tertiary/aromatic N) is 1. The molecule has 0 aliphatic heterocycles. The smallest absolute Gasteiger partial charge is 0.348 e. The Hall–Kier alpha value is -3.24. The van der Waals surface area contributed by atoms with Gasteiger partial charge in [0.1, 0.15) is 16.5 Å². The third-order valence-corrected chi connectivity index (χ3v) is 4.74. The molecular formula is C18H10F2N2O2S. The van der Waals surface area contributed by atoms with Gasteiger partial charge in [-0.15, -0.1) is 11.3 Å². The lowest BCUT2D eigenvalue weighted by Crippen LogP contribution is -1.93. The van der Waals surface area contributed by atoms with Crippen molar-refractivity contribution in [3.63, 3.8) is 0 Å². The molecule has 0 unspecified atom stereocenters. The van der Waals surface area contributed by atoms with Crippen LogP contribution in [-0.2, 0) is 0 Å². The van der Waals surface area contributed by atoms with Crippen molar-refractivity contribution < 1.29 is 18.7 Å². The van der Waals surface area contributed by atoms with Crippen molar-refractivity contribution in [2.45, 2.75) is 0 Å². The molecule has 7 heteroatoms. The molecule has 0 atom stereocenters. The maximum absolute atomic E-state index is 13.7. The zero-order valence-electron chi connectivity index (χ0n) is 12.6. The van der Waals surface area contributed by atoms with Gasteiger partial charge in [-0.3, -0.25) is 0 Å². The summed E-state index contributed by atoms with van der Waals surface area (Å²) in [6, 6.07) is 10.2. The summed E-state index contributed by atoms with van der Waals surface area (Å²) in [5, 5.41) is 8.94. The van der Waals surface area contributed by atoms with E-state index in [2.05, 4.69) is 4.85 Å². The molecule has 1 heterocycles. The number of halogens is 2. The van der Waals surface area contributed by atoms with Crippen LogP contribution in [0.15, 0.2) is 42.5 Å². The lowest BCUT2D eigenvalue weighted by Gasteiger charge is -2.08. The van der Waals surface area contributed by atoms with Crippen LogP contribution in [0.1, 0.15) is 9.67 Å². The molecule has 0 saturated carbocycles. The molecule has 3 rings (SSSR count). The number of hydrogen-bond donors (Lipinski definition) is 2. The van der Waals surface area contributed by atoms with Crippen LogP contribution >= 0.6 is 11.3 Å². The molecule has 0 bridgehead atoms. The maximum atomic E-state index is 13.7. The predicted molar refractivity (Wildman–Crippen MR) is 92.7 cm³/mol. The normalized spacial score (nSPS) is 10.4. The number of carboxylic acid groups (broad SMARTS) is 1. The maximum Gasteiger partial charge on any atom is 0.348 e. The zero-order chi connectivity index (χ0) is 18.1. The number of aromatic carboxylic acids is 1. The number of rotatable bonds is 3. The standard InChI is InChI=1S/C18H10F2N2O2S/c1-22-15-7-10(16-8-13(20)17(25-16)18(23)24)2-4-11(15)9-3-5-14(21)12(19)6-9/h2-8H,21H2,(H,23,24). The van der Waals surface area contributed by atoms with Gasteiger partial charge in [0.2, 0.25) is 0 Å². The van der Waals surface area contributed by atoms with Gasteiger partial charge in [-0.2, -0.15) is 0 Å². The quantitative estimate of drug-likeness (QED) is 0.501. The molecule has 0 amide bonds. The van der Waals surface area contributed by atoms with Crippen molar-refractivity contribution in [1.82, 2.24) is 0 Å². The monoisotopic (exact) mass is 356 g/mol. The Morgan fingerprint density at radius 3 is 2.40 bits per heavy atom. The highest BCUT2D eigenvalue weighted by Gasteiger charge is 2.17. The summed E-state index contributed by atoms with van der Waals surface area (Å²) < 4.78 is 27.3. The minimum absolute atomic E-state index is 0.0139. The van der Waals surface area contributed by atoms with Crippen LogP contribution in [0, 0.1) is 18.2 Å². The highest BCUT2D eigenvalue weighted by atomic mass is 32.1. The van der Waals surface area contributed by atoms with Gasteiger partial charge >= 0.3 is 5.97 Å². The number of benzene rings is 2. The number of carboxylic acids is 1. The number of thiophene rings is 1. The first-order chi connectivity index (χ1) is 11.9. The molecule has 0 aliphatic rings. The van der Waals surface area contributed by atoms with E-state index in [1.807, 2.05) is 0 Å². The van der Waals surface area contributed by atoms with E-state index in [0.29, 0.717) is 21.6 Å². The summed E-state index contributed by atoms with van der Waals surface area (Å²) in [6.07, 6.45) is 0. The first-order valence-corrected chi connectivity index (χ1v) is 7.82.